The van der Waals surface area contributed by atoms with Gasteiger partial charge in [0.15, 0.2) is 28.4 Å². The van der Waals surface area contributed by atoms with Gasteiger partial charge in [0.05, 0.1) is 0 Å². The molecular formula is C8H6O10. The van der Waals surface area contributed by atoms with Crippen LogP contribution in [0.2, 0.25) is 0 Å². The summed E-state index contributed by atoms with van der Waals surface area (Å²) < 4.78 is 0. The molecule has 0 saturated carbocycles. The molecule has 0 aliphatic rings. The SMILES string of the molecule is O=C(OO)c1c(O)c(O)c(O)c(C(=O)OO)c1O. The predicted octanol–water partition coefficient (Wildman–Crippen LogP) is -0.231. The first-order valence-corrected chi connectivity index (χ1v) is 4.08. The van der Waals surface area contributed by atoms with Crippen molar-refractivity contribution in [1.82, 2.24) is 0 Å². The number of carbonyl (C=O) groups excluding carboxylic acids is 2. The number of phenolic OH excluding ortho intramolecular Hbond substituents is 4. The first-order valence-electron chi connectivity index (χ1n) is 4.08. The van der Waals surface area contributed by atoms with Crippen LogP contribution in [0, 0.1) is 0 Å². The Morgan fingerprint density at radius 2 is 1.00 bits per heavy atom. The maximum atomic E-state index is 11.0. The van der Waals surface area contributed by atoms with Crippen LogP contribution in [0.4, 0.5) is 0 Å². The molecule has 0 atom stereocenters. The third-order valence-corrected chi connectivity index (χ3v) is 1.97. The summed E-state index contributed by atoms with van der Waals surface area (Å²) in [5.41, 5.74) is -2.43. The first kappa shape index (κ1) is 13.3. The molecule has 10 heteroatoms. The van der Waals surface area contributed by atoms with Crippen molar-refractivity contribution in [2.75, 3.05) is 0 Å². The Hall–Kier alpha value is -2.72. The Labute approximate surface area is 97.3 Å². The van der Waals surface area contributed by atoms with E-state index in [0.717, 1.165) is 0 Å². The first-order chi connectivity index (χ1) is 8.36. The second-order valence-corrected chi connectivity index (χ2v) is 2.90. The Morgan fingerprint density at radius 3 is 1.28 bits per heavy atom. The Morgan fingerprint density at radius 1 is 0.667 bits per heavy atom. The van der Waals surface area contributed by atoms with E-state index in [0.29, 0.717) is 0 Å². The van der Waals surface area contributed by atoms with Crippen molar-refractivity contribution in [2.24, 2.45) is 0 Å². The number of hydrogen-bond acceptors (Lipinski definition) is 10. The average molecular weight is 262 g/mol. The summed E-state index contributed by atoms with van der Waals surface area (Å²) in [5.74, 6) is -8.90. The van der Waals surface area contributed by atoms with Gasteiger partial charge >= 0.3 is 11.9 Å². The molecule has 0 aliphatic carbocycles. The van der Waals surface area contributed by atoms with E-state index in [2.05, 4.69) is 9.78 Å². The predicted molar refractivity (Wildman–Crippen MR) is 49.2 cm³/mol. The van der Waals surface area contributed by atoms with Gasteiger partial charge in [0.1, 0.15) is 0 Å². The maximum absolute atomic E-state index is 11.0. The minimum Gasteiger partial charge on any atom is -0.506 e. The van der Waals surface area contributed by atoms with E-state index < -0.39 is 46.1 Å². The van der Waals surface area contributed by atoms with E-state index in [-0.39, 0.29) is 0 Å². The van der Waals surface area contributed by atoms with Crippen molar-refractivity contribution in [3.63, 3.8) is 0 Å². The Bertz CT molecular complexity index is 476. The third-order valence-electron chi connectivity index (χ3n) is 1.97. The standard InChI is InChI=1S/C8H6O10/c9-3-1(7(13)17-15)4(10)6(12)5(11)2(3)8(14)18-16/h9-12,15-16H. The zero-order chi connectivity index (χ0) is 14.0. The van der Waals surface area contributed by atoms with Crippen molar-refractivity contribution in [3.05, 3.63) is 11.1 Å². The molecule has 6 N–H and O–H groups in total. The van der Waals surface area contributed by atoms with Gasteiger partial charge in [-0.1, -0.05) is 0 Å². The maximum Gasteiger partial charge on any atom is 0.380 e. The lowest BCUT2D eigenvalue weighted by Crippen LogP contribution is -2.09. The Kier molecular flexibility index (Phi) is 3.45. The summed E-state index contributed by atoms with van der Waals surface area (Å²) in [6, 6.07) is 0. The molecule has 10 nitrogen and oxygen atoms in total. The minimum atomic E-state index is -1.73. The van der Waals surface area contributed by atoms with Crippen LogP contribution in [0.5, 0.6) is 23.0 Å². The van der Waals surface area contributed by atoms with Crippen molar-refractivity contribution < 1.29 is 50.3 Å². The normalized spacial score (nSPS) is 9.89. The molecule has 0 radical (unpaired) electrons. The summed E-state index contributed by atoms with van der Waals surface area (Å²) in [4.78, 5) is 28.4. The molecule has 0 aliphatic heterocycles. The van der Waals surface area contributed by atoms with Crippen LogP contribution < -0.4 is 0 Å². The highest BCUT2D eigenvalue weighted by atomic mass is 17.1. The number of aromatic hydroxyl groups is 4. The van der Waals surface area contributed by atoms with E-state index in [1.54, 1.807) is 0 Å². The van der Waals surface area contributed by atoms with Crippen LogP contribution in [0.25, 0.3) is 0 Å². The van der Waals surface area contributed by atoms with Crippen molar-refractivity contribution in [2.45, 2.75) is 0 Å². The van der Waals surface area contributed by atoms with Gasteiger partial charge in [-0.25, -0.2) is 9.59 Å². The molecular weight excluding hydrogens is 256 g/mol. The lowest BCUT2D eigenvalue weighted by molar-refractivity contribution is -0.183. The average Bonchev–Trinajstić information content (AvgIpc) is 2.35. The minimum absolute atomic E-state index is 1.21. The quantitative estimate of drug-likeness (QED) is 0.181. The molecule has 18 heavy (non-hydrogen) atoms. The summed E-state index contributed by atoms with van der Waals surface area (Å²) in [6.07, 6.45) is 0. The highest BCUT2D eigenvalue weighted by molar-refractivity contribution is 6.05. The number of carbonyl (C=O) groups is 2. The van der Waals surface area contributed by atoms with E-state index in [1.165, 1.54) is 0 Å². The van der Waals surface area contributed by atoms with Crippen LogP contribution in [-0.4, -0.2) is 42.9 Å². The highest BCUT2D eigenvalue weighted by Gasteiger charge is 2.33. The summed E-state index contributed by atoms with van der Waals surface area (Å²) in [7, 11) is 0. The highest BCUT2D eigenvalue weighted by Crippen LogP contribution is 2.46. The molecule has 0 aromatic heterocycles. The molecule has 0 bridgehead atoms. The summed E-state index contributed by atoms with van der Waals surface area (Å²) in [6.45, 7) is 0. The molecule has 0 saturated heterocycles. The number of benzene rings is 1. The van der Waals surface area contributed by atoms with Gasteiger partial charge in [0.2, 0.25) is 5.75 Å². The summed E-state index contributed by atoms with van der Waals surface area (Å²) in [5, 5.41) is 53.3. The van der Waals surface area contributed by atoms with Gasteiger partial charge in [0, 0.05) is 0 Å². The molecule has 98 valence electrons. The van der Waals surface area contributed by atoms with Gasteiger partial charge in [-0.3, -0.25) is 9.78 Å². The van der Waals surface area contributed by atoms with Crippen LogP contribution in [-0.2, 0) is 9.78 Å². The van der Waals surface area contributed by atoms with E-state index in [9.17, 15) is 30.0 Å². The van der Waals surface area contributed by atoms with Gasteiger partial charge in [-0.2, -0.15) is 10.5 Å². The van der Waals surface area contributed by atoms with Gasteiger partial charge in [-0.05, 0) is 0 Å². The van der Waals surface area contributed by atoms with Gasteiger partial charge < -0.3 is 20.4 Å². The van der Waals surface area contributed by atoms with Crippen molar-refractivity contribution in [1.29, 1.82) is 0 Å². The zero-order valence-electron chi connectivity index (χ0n) is 8.32. The fraction of sp³-hybridized carbons (Fsp3) is 0. The van der Waals surface area contributed by atoms with Crippen LogP contribution in [0.15, 0.2) is 0 Å². The number of phenols is 4. The number of hydrogen-bond donors (Lipinski definition) is 6. The number of rotatable bonds is 2. The van der Waals surface area contributed by atoms with Crippen LogP contribution in [0.3, 0.4) is 0 Å². The van der Waals surface area contributed by atoms with Crippen molar-refractivity contribution in [3.8, 4) is 23.0 Å². The largest absolute Gasteiger partial charge is 0.506 e. The van der Waals surface area contributed by atoms with Gasteiger partial charge in [0.25, 0.3) is 0 Å². The van der Waals surface area contributed by atoms with Crippen molar-refractivity contribution >= 4 is 11.9 Å². The lowest BCUT2D eigenvalue weighted by Gasteiger charge is -2.11. The molecule has 0 fully saturated rings. The van der Waals surface area contributed by atoms with Crippen LogP contribution >= 0.6 is 0 Å². The van der Waals surface area contributed by atoms with E-state index in [1.807, 2.05) is 0 Å². The second kappa shape index (κ2) is 4.65. The molecule has 1 aromatic carbocycles. The zero-order valence-corrected chi connectivity index (χ0v) is 8.32. The smallest absolute Gasteiger partial charge is 0.380 e. The third kappa shape index (κ3) is 1.81. The monoisotopic (exact) mass is 262 g/mol. The molecule has 0 heterocycles. The Balaban J connectivity index is 3.70. The molecule has 0 spiro atoms. The fourth-order valence-corrected chi connectivity index (χ4v) is 1.18. The van der Waals surface area contributed by atoms with Crippen LogP contribution in [0.1, 0.15) is 20.7 Å². The molecule has 1 rings (SSSR count). The fourth-order valence-electron chi connectivity index (χ4n) is 1.18. The molecule has 0 unspecified atom stereocenters. The van der Waals surface area contributed by atoms with E-state index in [4.69, 9.17) is 10.5 Å². The topological polar surface area (TPSA) is 174 Å². The van der Waals surface area contributed by atoms with Gasteiger partial charge in [-0.15, -0.1) is 0 Å². The summed E-state index contributed by atoms with van der Waals surface area (Å²) >= 11 is 0. The van der Waals surface area contributed by atoms with E-state index >= 15 is 0 Å². The molecule has 1 aromatic rings. The molecule has 0 amide bonds. The second-order valence-electron chi connectivity index (χ2n) is 2.90. The lowest BCUT2D eigenvalue weighted by atomic mass is 10.0.